The van der Waals surface area contributed by atoms with Crippen molar-refractivity contribution in [1.82, 2.24) is 8.54 Å². The van der Waals surface area contributed by atoms with E-state index in [1.54, 1.807) is 6.08 Å². The number of nitro benzene ring substituents is 2. The van der Waals surface area contributed by atoms with Crippen molar-refractivity contribution in [2.24, 2.45) is 0 Å². The number of fused-ring (bicyclic) bond motifs is 1. The van der Waals surface area contributed by atoms with Gasteiger partial charge in [-0.15, -0.1) is 6.58 Å². The lowest BCUT2D eigenvalue weighted by Gasteiger charge is -2.51. The molecule has 0 saturated carbocycles. The summed E-state index contributed by atoms with van der Waals surface area (Å²) < 4.78 is 36.0. The number of nitrogens with zero attached hydrogens (tertiary/aromatic N) is 4. The van der Waals surface area contributed by atoms with Crippen LogP contribution in [0.5, 0.6) is 0 Å². The molecule has 3 heterocycles. The first-order valence-electron chi connectivity index (χ1n) is 15.9. The van der Waals surface area contributed by atoms with Crippen LogP contribution in [0.15, 0.2) is 57.6 Å². The van der Waals surface area contributed by atoms with Gasteiger partial charge in [-0.3, -0.25) is 29.6 Å². The number of aromatic nitrogens is 2. The summed E-state index contributed by atoms with van der Waals surface area (Å²) in [6.07, 6.45) is -0.480. The maximum absolute atomic E-state index is 14.0. The van der Waals surface area contributed by atoms with E-state index in [0.717, 1.165) is 28.2 Å². The molecule has 0 unspecified atom stereocenters. The molecule has 48 heavy (non-hydrogen) atoms. The summed E-state index contributed by atoms with van der Waals surface area (Å²) in [5.74, 6) is 0. The average molecular weight is 725 g/mol. The van der Waals surface area contributed by atoms with E-state index in [9.17, 15) is 29.8 Å². The minimum atomic E-state index is -3.10. The summed E-state index contributed by atoms with van der Waals surface area (Å²) >= 11 is 0.485. The van der Waals surface area contributed by atoms with Crippen molar-refractivity contribution in [2.75, 3.05) is 13.2 Å². The second-order valence-electron chi connectivity index (χ2n) is 13.1. The minimum Gasteiger partial charge on any atom is -0.414 e. The molecule has 2 aliphatic heterocycles. The lowest BCUT2D eigenvalue weighted by molar-refractivity contribution is -0.396. The lowest BCUT2D eigenvalue weighted by Crippen LogP contribution is -2.66. The largest absolute Gasteiger partial charge is 0.414 e. The van der Waals surface area contributed by atoms with Gasteiger partial charge in [0.05, 0.1) is 29.1 Å². The molecule has 4 rings (SSSR count). The van der Waals surface area contributed by atoms with Crippen LogP contribution in [0.1, 0.15) is 61.6 Å². The van der Waals surface area contributed by atoms with Crippen molar-refractivity contribution >= 4 is 40.4 Å². The van der Waals surface area contributed by atoms with E-state index in [1.807, 2.05) is 0 Å². The average Bonchev–Trinajstić information content (AvgIpc) is 3.32. The Kier molecular flexibility index (Phi) is 11.7. The quantitative estimate of drug-likeness (QED) is 0.111. The predicted octanol–water partition coefficient (Wildman–Crippen LogP) is 5.81. The number of nitro groups is 2. The first kappa shape index (κ1) is 37.8. The minimum absolute atomic E-state index is 0.0156. The number of rotatable bonds is 12. The molecule has 0 bridgehead atoms. The van der Waals surface area contributed by atoms with E-state index >= 15 is 0 Å². The highest BCUT2D eigenvalue weighted by molar-refractivity contribution is 7.98. The molecule has 264 valence electrons. The fourth-order valence-electron chi connectivity index (χ4n) is 6.39. The monoisotopic (exact) mass is 724 g/mol. The SMILES string of the molecule is C=CCO[C@H]1[C@@H]2O[Si](C(C)C)(C(C)C)O[Si](C(C)C)(C(C)C)OC[C@H]2O[C@H]1n1ccc(=O)n(Sc2ccc([N+](=O)[O-])cc2[N+](=O)[O-])c1=O. The van der Waals surface area contributed by atoms with Crippen LogP contribution in [0.4, 0.5) is 11.4 Å². The predicted molar refractivity (Wildman–Crippen MR) is 184 cm³/mol. The van der Waals surface area contributed by atoms with Crippen LogP contribution in [0.2, 0.25) is 22.2 Å². The van der Waals surface area contributed by atoms with Crippen LogP contribution < -0.4 is 11.2 Å². The molecule has 1 aromatic heterocycles. The maximum atomic E-state index is 14.0. The Bertz CT molecular complexity index is 1630. The molecule has 2 saturated heterocycles. The Hall–Kier alpha value is -2.98. The zero-order valence-corrected chi connectivity index (χ0v) is 31.2. The second kappa shape index (κ2) is 14.9. The zero-order chi connectivity index (χ0) is 35.7. The van der Waals surface area contributed by atoms with Crippen molar-refractivity contribution in [3.05, 3.63) is 84.2 Å². The van der Waals surface area contributed by atoms with Crippen LogP contribution in [0.25, 0.3) is 0 Å². The van der Waals surface area contributed by atoms with Gasteiger partial charge >= 0.3 is 22.8 Å². The van der Waals surface area contributed by atoms with Crippen LogP contribution in [-0.4, -0.2) is 67.0 Å². The molecule has 0 aliphatic carbocycles. The molecular formula is C30H44N4O11SSi2. The maximum Gasteiger partial charge on any atom is 0.343 e. The van der Waals surface area contributed by atoms with Crippen molar-refractivity contribution in [3.8, 4) is 0 Å². The molecule has 1 aromatic carbocycles. The highest BCUT2D eigenvalue weighted by atomic mass is 32.2. The summed E-state index contributed by atoms with van der Waals surface area (Å²) in [4.78, 5) is 48.3. The third-order valence-corrected chi connectivity index (χ3v) is 20.1. The van der Waals surface area contributed by atoms with Crippen molar-refractivity contribution in [2.45, 2.75) is 107 Å². The van der Waals surface area contributed by atoms with E-state index in [0.29, 0.717) is 11.9 Å². The van der Waals surface area contributed by atoms with E-state index in [-0.39, 0.29) is 40.3 Å². The molecule has 15 nitrogen and oxygen atoms in total. The third kappa shape index (κ3) is 7.02. The number of benzene rings is 1. The van der Waals surface area contributed by atoms with Gasteiger partial charge in [0, 0.05) is 30.3 Å². The molecule has 18 heteroatoms. The molecule has 0 N–H and O–H groups in total. The molecular weight excluding hydrogens is 681 g/mol. The van der Waals surface area contributed by atoms with E-state index in [4.69, 9.17) is 22.4 Å². The topological polar surface area (TPSA) is 176 Å². The number of non-ortho nitro benzene ring substituents is 1. The second-order valence-corrected chi connectivity index (χ2v) is 22.9. The Balaban J connectivity index is 1.83. The Morgan fingerprint density at radius 2 is 1.62 bits per heavy atom. The lowest BCUT2D eigenvalue weighted by atomic mass is 10.1. The highest BCUT2D eigenvalue weighted by Crippen LogP contribution is 2.48. The fourth-order valence-corrected chi connectivity index (χ4v) is 18.5. The van der Waals surface area contributed by atoms with Gasteiger partial charge < -0.3 is 22.4 Å². The third-order valence-electron chi connectivity index (χ3n) is 8.81. The number of ether oxygens (including phenoxy) is 2. The molecule has 2 fully saturated rings. The molecule has 2 aliphatic rings. The Morgan fingerprint density at radius 1 is 1.00 bits per heavy atom. The van der Waals surface area contributed by atoms with Crippen LogP contribution in [-0.2, 0) is 22.4 Å². The Labute approximate surface area is 285 Å². The number of hydrogen-bond donors (Lipinski definition) is 0. The summed E-state index contributed by atoms with van der Waals surface area (Å²) in [5, 5.41) is 23.0. The van der Waals surface area contributed by atoms with Gasteiger partial charge in [0.2, 0.25) is 0 Å². The summed E-state index contributed by atoms with van der Waals surface area (Å²) in [5.41, 5.74) is -2.52. The van der Waals surface area contributed by atoms with Gasteiger partial charge in [-0.1, -0.05) is 61.5 Å². The fraction of sp³-hybridized carbons (Fsp3) is 0.600. The van der Waals surface area contributed by atoms with E-state index in [1.165, 1.54) is 10.8 Å². The molecule has 0 spiro atoms. The van der Waals surface area contributed by atoms with Gasteiger partial charge in [-0.25, -0.2) is 4.79 Å². The van der Waals surface area contributed by atoms with Crippen LogP contribution in [0.3, 0.4) is 0 Å². The normalized spacial score (nSPS) is 23.7. The van der Waals surface area contributed by atoms with Gasteiger partial charge in [0.15, 0.2) is 6.23 Å². The molecule has 2 aromatic rings. The smallest absolute Gasteiger partial charge is 0.343 e. The van der Waals surface area contributed by atoms with Gasteiger partial charge in [0.25, 0.3) is 16.9 Å². The van der Waals surface area contributed by atoms with E-state index < -0.39 is 74.1 Å². The van der Waals surface area contributed by atoms with Crippen molar-refractivity contribution in [1.29, 1.82) is 0 Å². The summed E-state index contributed by atoms with van der Waals surface area (Å²) in [7, 11) is -6.00. The summed E-state index contributed by atoms with van der Waals surface area (Å²) in [6.45, 7) is 20.8. The molecule has 0 radical (unpaired) electrons. The van der Waals surface area contributed by atoms with Gasteiger partial charge in [0.1, 0.15) is 23.2 Å². The molecule has 4 atom stereocenters. The number of hydrogen-bond acceptors (Lipinski definition) is 12. The van der Waals surface area contributed by atoms with Crippen LogP contribution >= 0.6 is 11.9 Å². The highest BCUT2D eigenvalue weighted by Gasteiger charge is 2.62. The van der Waals surface area contributed by atoms with E-state index in [2.05, 4.69) is 62.0 Å². The summed E-state index contributed by atoms with van der Waals surface area (Å²) in [6, 6.07) is 4.10. The van der Waals surface area contributed by atoms with Crippen LogP contribution in [0, 0.1) is 20.2 Å². The van der Waals surface area contributed by atoms with Gasteiger partial charge in [-0.2, -0.15) is 3.97 Å². The first-order chi connectivity index (χ1) is 22.5. The van der Waals surface area contributed by atoms with Gasteiger partial charge in [-0.05, 0) is 28.2 Å². The molecule has 0 amide bonds. The van der Waals surface area contributed by atoms with Crippen molar-refractivity contribution in [3.63, 3.8) is 0 Å². The first-order valence-corrected chi connectivity index (χ1v) is 20.6. The standard InChI is InChI=1S/C30H44N4O11SSi2/c1-10-15-41-28-27-24(17-42-47(18(2)3,19(4)5)45-48(44-27,20(6)7)21(8)9)43-29(28)31-14-13-26(35)32(30(31)36)46-25-12-11-22(33(37)38)16-23(25)34(39)40/h10-14,16,18-21,24,27-29H,1,15,17H2,2-9H3/t24-,27-,28+,29-/m1/s1. The van der Waals surface area contributed by atoms with Crippen molar-refractivity contribution < 1.29 is 32.3 Å². The zero-order valence-electron chi connectivity index (χ0n) is 28.4. The Morgan fingerprint density at radius 3 is 2.17 bits per heavy atom.